The van der Waals surface area contributed by atoms with Crippen molar-refractivity contribution in [2.75, 3.05) is 62.0 Å². The summed E-state index contributed by atoms with van der Waals surface area (Å²) in [7, 11) is 3.16. The van der Waals surface area contributed by atoms with Gasteiger partial charge < -0.3 is 67.7 Å². The van der Waals surface area contributed by atoms with Crippen LogP contribution in [0.3, 0.4) is 0 Å². The Balaban J connectivity index is -0.000000100. The molecule has 0 aliphatic heterocycles. The van der Waals surface area contributed by atoms with Crippen molar-refractivity contribution in [1.82, 2.24) is 0 Å². The topological polar surface area (TPSA) is 115 Å². The molecule has 2 rings (SSSR count). The number of hydrogen-bond acceptors (Lipinski definition) is 9. The second-order valence-electron chi connectivity index (χ2n) is 8.04. The van der Waals surface area contributed by atoms with E-state index in [0.717, 1.165) is 51.8 Å². The normalized spacial score (nSPS) is 8.02. The van der Waals surface area contributed by atoms with Crippen LogP contribution in [0.15, 0.2) is 113 Å². The van der Waals surface area contributed by atoms with Crippen molar-refractivity contribution in [3.05, 3.63) is 124 Å². The van der Waals surface area contributed by atoms with Gasteiger partial charge in [-0.15, -0.1) is 24.8 Å². The first-order chi connectivity index (χ1) is 22.8. The Bertz CT molecular complexity index is 1080. The Kier molecular flexibility index (Phi) is 71.0. The van der Waals surface area contributed by atoms with Crippen LogP contribution in [0.25, 0.3) is 0 Å². The number of allylic oxidation sites excluding steroid dienone is 2. The van der Waals surface area contributed by atoms with Crippen molar-refractivity contribution in [3.63, 3.8) is 0 Å². The molecule has 2 aromatic rings. The standard InChI is InChI=1S/C14H18O3.C10H12O2.C4H7ClO.2C4H7IO.HI.K.Na.H2O/c1-4-6-12-7-8-13(14(11-12)15-3)17-10-9-16-5-2;1-3-4-8-5-6-9(11)10(7-8)12-2;3*1-2-6-4-3-5;;;;/h4-5,7-8,11H,1-2,6,9-10H2,3H3;3,5-7,11H,1,4H2,2H3;3*2H,1,3-4H2;1H;;;1H2/q;;;;;;2*+1;/p-2. The van der Waals surface area contributed by atoms with Crippen LogP contribution in [-0.4, -0.2) is 72.6 Å². The number of rotatable bonds is 20. The molecule has 9 nitrogen and oxygen atoms in total. The van der Waals surface area contributed by atoms with E-state index in [1.54, 1.807) is 19.2 Å². The van der Waals surface area contributed by atoms with Gasteiger partial charge in [0, 0.05) is 8.86 Å². The summed E-state index contributed by atoms with van der Waals surface area (Å²) in [6, 6.07) is 11.1. The van der Waals surface area contributed by atoms with Crippen LogP contribution < -0.4 is 119 Å². The molecule has 15 heteroatoms. The van der Waals surface area contributed by atoms with Gasteiger partial charge in [-0.1, -0.05) is 95.8 Å². The number of alkyl halides is 3. The van der Waals surface area contributed by atoms with E-state index >= 15 is 0 Å². The van der Waals surface area contributed by atoms with E-state index in [1.807, 2.05) is 36.4 Å². The average Bonchev–Trinajstić information content (AvgIpc) is 3.10. The van der Waals surface area contributed by atoms with Gasteiger partial charge in [-0.2, -0.15) is 0 Å². The molecule has 0 fully saturated rings. The first-order valence-electron chi connectivity index (χ1n) is 14.3. The summed E-state index contributed by atoms with van der Waals surface area (Å²) in [6.07, 6.45) is 11.0. The third-order valence-electron chi connectivity index (χ3n) is 4.75. The molecule has 0 atom stereocenters. The van der Waals surface area contributed by atoms with E-state index in [0.29, 0.717) is 37.2 Å². The smallest absolute Gasteiger partial charge is 1.00 e. The average molecular weight is 1110 g/mol. The predicted octanol–water partition coefficient (Wildman–Crippen LogP) is 0.475. The molecule has 0 saturated carbocycles. The fourth-order valence-electron chi connectivity index (χ4n) is 2.81. The Morgan fingerprint density at radius 2 is 1.06 bits per heavy atom. The van der Waals surface area contributed by atoms with Crippen molar-refractivity contribution < 1.29 is 149 Å². The largest absolute Gasteiger partial charge is 1.00 e. The maximum absolute atomic E-state index is 9.25. The molecule has 0 amide bonds. The number of hydrogen-bond donors (Lipinski definition) is 1. The van der Waals surface area contributed by atoms with E-state index in [-0.39, 0.29) is 116 Å². The van der Waals surface area contributed by atoms with Gasteiger partial charge in [0.25, 0.3) is 0 Å². The van der Waals surface area contributed by atoms with Crippen molar-refractivity contribution in [3.8, 4) is 23.0 Å². The van der Waals surface area contributed by atoms with Gasteiger partial charge in [-0.3, -0.25) is 0 Å². The van der Waals surface area contributed by atoms with Gasteiger partial charge in [-0.25, -0.2) is 0 Å². The molecular formula is C36H52ClI3KNaO9. The molecule has 0 spiro atoms. The number of methoxy groups -OCH3 is 2. The molecular weight excluding hydrogens is 1050 g/mol. The zero-order chi connectivity index (χ0) is 36.0. The predicted molar refractivity (Wildman–Crippen MR) is 216 cm³/mol. The maximum Gasteiger partial charge on any atom is 1.00 e. The molecule has 0 saturated heterocycles. The molecule has 2 aromatic carbocycles. The summed E-state index contributed by atoms with van der Waals surface area (Å²) in [6.45, 7) is 23.9. The van der Waals surface area contributed by atoms with Crippen LogP contribution in [0.2, 0.25) is 0 Å². The molecule has 2 N–H and O–H groups in total. The number of phenolic OH excluding ortho intramolecular Hbond substituents is 1. The number of ether oxygens (including phenoxy) is 7. The molecule has 0 heterocycles. The summed E-state index contributed by atoms with van der Waals surface area (Å²) in [5.41, 5.74) is 2.23. The summed E-state index contributed by atoms with van der Waals surface area (Å²) in [4.78, 5) is 0. The first kappa shape index (κ1) is 66.2. The molecule has 0 aliphatic carbocycles. The van der Waals surface area contributed by atoms with E-state index < -0.39 is 0 Å². The summed E-state index contributed by atoms with van der Waals surface area (Å²) in [5, 5.41) is 9.25. The maximum atomic E-state index is 9.25. The van der Waals surface area contributed by atoms with Crippen LogP contribution in [0.1, 0.15) is 11.1 Å². The monoisotopic (exact) mass is 1110 g/mol. The van der Waals surface area contributed by atoms with Crippen molar-refractivity contribution in [1.29, 1.82) is 0 Å². The van der Waals surface area contributed by atoms with Crippen molar-refractivity contribution >= 4 is 56.8 Å². The summed E-state index contributed by atoms with van der Waals surface area (Å²) >= 11 is 9.68. The van der Waals surface area contributed by atoms with Crippen molar-refractivity contribution in [2.24, 2.45) is 0 Å². The summed E-state index contributed by atoms with van der Waals surface area (Å²) < 4.78 is 36.9. The third-order valence-corrected chi connectivity index (χ3v) is 5.78. The van der Waals surface area contributed by atoms with Gasteiger partial charge in [0.05, 0.1) is 58.4 Å². The number of halogens is 4. The minimum absolute atomic E-state index is 0. The number of benzene rings is 2. The Labute approximate surface area is 421 Å². The van der Waals surface area contributed by atoms with Crippen LogP contribution >= 0.6 is 56.8 Å². The quantitative estimate of drug-likeness (QED) is 0.0506. The minimum Gasteiger partial charge on any atom is -1.00 e. The van der Waals surface area contributed by atoms with Crippen LogP contribution in [0.4, 0.5) is 0 Å². The minimum atomic E-state index is 0. The third kappa shape index (κ3) is 44.6. The molecule has 51 heavy (non-hydrogen) atoms. The van der Waals surface area contributed by atoms with Gasteiger partial charge in [0.1, 0.15) is 19.8 Å². The molecule has 0 radical (unpaired) electrons. The Morgan fingerprint density at radius 1 is 0.647 bits per heavy atom. The zero-order valence-corrected chi connectivity index (χ0v) is 42.9. The van der Waals surface area contributed by atoms with Crippen LogP contribution in [0.5, 0.6) is 23.0 Å². The SMILES string of the molecule is C=CCc1ccc(O)c(OC)c1.C=CCc1ccc(OCCOC=C)c(OC)c1.C=COCCCl.C=COCCI.C=COCCI.[I-].[K+].[Na+].[OH-]. The van der Waals surface area contributed by atoms with E-state index in [4.69, 9.17) is 40.0 Å². The Morgan fingerprint density at radius 3 is 1.41 bits per heavy atom. The second kappa shape index (κ2) is 54.7. The van der Waals surface area contributed by atoms with Gasteiger partial charge in [-0.05, 0) is 48.2 Å². The van der Waals surface area contributed by atoms with Gasteiger partial charge in [0.15, 0.2) is 23.0 Å². The van der Waals surface area contributed by atoms with Gasteiger partial charge >= 0.3 is 80.9 Å². The van der Waals surface area contributed by atoms with E-state index in [1.165, 1.54) is 32.2 Å². The first-order valence-corrected chi connectivity index (χ1v) is 17.9. The van der Waals surface area contributed by atoms with Crippen LogP contribution in [-0.2, 0) is 31.8 Å². The number of aromatic hydroxyl groups is 1. The molecule has 0 unspecified atom stereocenters. The fourth-order valence-corrected chi connectivity index (χ4v) is 3.40. The molecule has 0 aromatic heterocycles. The zero-order valence-electron chi connectivity index (χ0n) is 30.5. The van der Waals surface area contributed by atoms with E-state index in [9.17, 15) is 5.11 Å². The van der Waals surface area contributed by atoms with Gasteiger partial charge in [0.2, 0.25) is 0 Å². The van der Waals surface area contributed by atoms with Crippen molar-refractivity contribution in [2.45, 2.75) is 12.8 Å². The number of phenols is 1. The summed E-state index contributed by atoms with van der Waals surface area (Å²) in [5.74, 6) is 2.65. The molecule has 280 valence electrons. The Hall–Kier alpha value is 0.356. The molecule has 0 aliphatic rings. The molecule has 0 bridgehead atoms. The van der Waals surface area contributed by atoms with Crippen LogP contribution in [0, 0.1) is 0 Å². The fraction of sp³-hybridized carbons (Fsp3) is 0.333. The van der Waals surface area contributed by atoms with E-state index in [2.05, 4.69) is 89.4 Å². The second-order valence-corrected chi connectivity index (χ2v) is 10.6.